The molecule has 0 bridgehead atoms. The summed E-state index contributed by atoms with van der Waals surface area (Å²) in [6.45, 7) is 8.01. The Morgan fingerprint density at radius 3 is 2.74 bits per heavy atom. The summed E-state index contributed by atoms with van der Waals surface area (Å²) in [7, 11) is 3.54. The third kappa shape index (κ3) is 6.07. The van der Waals surface area contributed by atoms with Crippen LogP contribution in [0.1, 0.15) is 19.3 Å². The monoisotopic (exact) mass is 269 g/mol. The average molecular weight is 269 g/mol. The summed E-state index contributed by atoms with van der Waals surface area (Å²) >= 11 is 0. The summed E-state index contributed by atoms with van der Waals surface area (Å²) in [6, 6.07) is 0. The summed E-state index contributed by atoms with van der Waals surface area (Å²) in [6.07, 6.45) is 5.31. The van der Waals surface area contributed by atoms with E-state index in [1.807, 2.05) is 13.1 Å². The summed E-state index contributed by atoms with van der Waals surface area (Å²) in [5, 5.41) is 3.26. The van der Waals surface area contributed by atoms with E-state index in [-0.39, 0.29) is 0 Å². The van der Waals surface area contributed by atoms with Crippen LogP contribution in [0.15, 0.2) is 17.6 Å². The zero-order valence-electron chi connectivity index (χ0n) is 12.2. The smallest absolute Gasteiger partial charge is 0.193 e. The largest absolute Gasteiger partial charge is 0.385 e. The highest BCUT2D eigenvalue weighted by Gasteiger charge is 2.21. The molecule has 0 aromatic carbocycles. The first-order valence-corrected chi connectivity index (χ1v) is 6.98. The number of hydrogen-bond acceptors (Lipinski definition) is 3. The van der Waals surface area contributed by atoms with Crippen molar-refractivity contribution in [3.8, 4) is 0 Å². The van der Waals surface area contributed by atoms with Gasteiger partial charge in [0.25, 0.3) is 0 Å². The molecule has 1 saturated heterocycles. The van der Waals surface area contributed by atoms with E-state index in [0.717, 1.165) is 58.1 Å². The fourth-order valence-corrected chi connectivity index (χ4v) is 2.18. The molecular weight excluding hydrogens is 242 g/mol. The molecule has 5 nitrogen and oxygen atoms in total. The molecule has 1 fully saturated rings. The first-order valence-electron chi connectivity index (χ1n) is 6.98. The molecule has 1 rings (SSSR count). The maximum absolute atomic E-state index is 5.84. The van der Waals surface area contributed by atoms with Gasteiger partial charge in [-0.15, -0.1) is 6.58 Å². The Morgan fingerprint density at radius 1 is 1.42 bits per heavy atom. The Balaban J connectivity index is 2.22. The molecule has 5 heteroatoms. The highest BCUT2D eigenvalue weighted by atomic mass is 16.5. The Labute approximate surface area is 116 Å². The van der Waals surface area contributed by atoms with Gasteiger partial charge in [0.15, 0.2) is 5.96 Å². The molecular formula is C14H27N3O2. The predicted octanol–water partition coefficient (Wildman–Crippen LogP) is 1.27. The Bertz CT molecular complexity index is 274. The lowest BCUT2D eigenvalue weighted by molar-refractivity contribution is 0.00994. The molecule has 0 saturated carbocycles. The van der Waals surface area contributed by atoms with Crippen LogP contribution in [0.2, 0.25) is 0 Å². The zero-order chi connectivity index (χ0) is 13.9. The van der Waals surface area contributed by atoms with Gasteiger partial charge < -0.3 is 19.7 Å². The third-order valence-corrected chi connectivity index (χ3v) is 3.20. The maximum atomic E-state index is 5.84. The lowest BCUT2D eigenvalue weighted by Gasteiger charge is -2.34. The van der Waals surface area contributed by atoms with Crippen molar-refractivity contribution in [1.29, 1.82) is 0 Å². The number of likely N-dealkylation sites (tertiary alicyclic amines) is 1. The number of hydrogen-bond donors (Lipinski definition) is 1. The minimum Gasteiger partial charge on any atom is -0.385 e. The number of guanidine groups is 1. The van der Waals surface area contributed by atoms with Crippen LogP contribution in [-0.2, 0) is 9.47 Å². The SMILES string of the molecule is C=CCNC(=NC)N1CCC(OCCCOC)CC1. The van der Waals surface area contributed by atoms with Crippen molar-refractivity contribution < 1.29 is 9.47 Å². The average Bonchev–Trinajstić information content (AvgIpc) is 2.46. The normalized spacial score (nSPS) is 17.6. The van der Waals surface area contributed by atoms with Gasteiger partial charge in [0.1, 0.15) is 0 Å². The number of methoxy groups -OCH3 is 1. The summed E-state index contributed by atoms with van der Waals surface area (Å²) < 4.78 is 10.9. The number of rotatable bonds is 7. The van der Waals surface area contributed by atoms with E-state index in [1.165, 1.54) is 0 Å². The lowest BCUT2D eigenvalue weighted by atomic mass is 10.1. The summed E-state index contributed by atoms with van der Waals surface area (Å²) in [4.78, 5) is 6.56. The first-order chi connectivity index (χ1) is 9.31. The minimum absolute atomic E-state index is 0.380. The van der Waals surface area contributed by atoms with E-state index in [1.54, 1.807) is 7.11 Å². The van der Waals surface area contributed by atoms with E-state index >= 15 is 0 Å². The molecule has 0 aromatic rings. The van der Waals surface area contributed by atoms with E-state index in [4.69, 9.17) is 9.47 Å². The molecule has 0 radical (unpaired) electrons. The maximum Gasteiger partial charge on any atom is 0.193 e. The molecule has 0 aromatic heterocycles. The second kappa shape index (κ2) is 9.81. The second-order valence-corrected chi connectivity index (χ2v) is 4.62. The molecule has 110 valence electrons. The number of nitrogens with zero attached hydrogens (tertiary/aromatic N) is 2. The standard InChI is InChI=1S/C14H27N3O2/c1-4-8-16-14(15-2)17-9-6-13(7-10-17)19-12-5-11-18-3/h4,13H,1,5-12H2,2-3H3,(H,15,16). The Morgan fingerprint density at radius 2 is 2.16 bits per heavy atom. The van der Waals surface area contributed by atoms with Gasteiger partial charge >= 0.3 is 0 Å². The summed E-state index contributed by atoms with van der Waals surface area (Å²) in [5.41, 5.74) is 0. The zero-order valence-corrected chi connectivity index (χ0v) is 12.2. The predicted molar refractivity (Wildman–Crippen MR) is 78.6 cm³/mol. The molecule has 1 aliphatic heterocycles. The van der Waals surface area contributed by atoms with Crippen LogP contribution in [0.3, 0.4) is 0 Å². The number of piperidine rings is 1. The van der Waals surface area contributed by atoms with Crippen molar-refractivity contribution in [3.05, 3.63) is 12.7 Å². The van der Waals surface area contributed by atoms with Gasteiger partial charge in [0, 0.05) is 47.0 Å². The van der Waals surface area contributed by atoms with Crippen LogP contribution in [0, 0.1) is 0 Å². The van der Waals surface area contributed by atoms with Crippen LogP contribution in [0.4, 0.5) is 0 Å². The van der Waals surface area contributed by atoms with Crippen LogP contribution < -0.4 is 5.32 Å². The van der Waals surface area contributed by atoms with Crippen molar-refractivity contribution in [3.63, 3.8) is 0 Å². The van der Waals surface area contributed by atoms with Gasteiger partial charge in [-0.2, -0.15) is 0 Å². The highest BCUT2D eigenvalue weighted by molar-refractivity contribution is 5.80. The fraction of sp³-hybridized carbons (Fsp3) is 0.786. The lowest BCUT2D eigenvalue weighted by Crippen LogP contribution is -2.47. The Kier molecular flexibility index (Phi) is 8.25. The third-order valence-electron chi connectivity index (χ3n) is 3.20. The number of ether oxygens (including phenoxy) is 2. The van der Waals surface area contributed by atoms with Crippen molar-refractivity contribution in [1.82, 2.24) is 10.2 Å². The van der Waals surface area contributed by atoms with Gasteiger partial charge in [0.2, 0.25) is 0 Å². The highest BCUT2D eigenvalue weighted by Crippen LogP contribution is 2.14. The van der Waals surface area contributed by atoms with E-state index in [2.05, 4.69) is 21.8 Å². The van der Waals surface area contributed by atoms with Crippen LogP contribution in [-0.4, -0.2) is 64.0 Å². The molecule has 19 heavy (non-hydrogen) atoms. The summed E-state index contributed by atoms with van der Waals surface area (Å²) in [5.74, 6) is 0.956. The van der Waals surface area contributed by atoms with Crippen LogP contribution >= 0.6 is 0 Å². The van der Waals surface area contributed by atoms with Crippen molar-refractivity contribution in [2.45, 2.75) is 25.4 Å². The molecule has 0 aliphatic carbocycles. The number of aliphatic imine (C=N–C) groups is 1. The molecule has 0 unspecified atom stereocenters. The van der Waals surface area contributed by atoms with Crippen LogP contribution in [0.5, 0.6) is 0 Å². The van der Waals surface area contributed by atoms with Crippen molar-refractivity contribution in [2.75, 3.05) is 47.0 Å². The fourth-order valence-electron chi connectivity index (χ4n) is 2.18. The molecule has 0 amide bonds. The van der Waals surface area contributed by atoms with Gasteiger partial charge in [-0.3, -0.25) is 4.99 Å². The van der Waals surface area contributed by atoms with E-state index in [9.17, 15) is 0 Å². The van der Waals surface area contributed by atoms with Gasteiger partial charge in [-0.25, -0.2) is 0 Å². The molecule has 0 atom stereocenters. The molecule has 0 spiro atoms. The minimum atomic E-state index is 0.380. The van der Waals surface area contributed by atoms with Gasteiger partial charge in [-0.05, 0) is 19.3 Å². The van der Waals surface area contributed by atoms with Gasteiger partial charge in [0.05, 0.1) is 6.10 Å². The quantitative estimate of drug-likeness (QED) is 0.327. The molecule has 1 heterocycles. The van der Waals surface area contributed by atoms with Crippen molar-refractivity contribution >= 4 is 5.96 Å². The van der Waals surface area contributed by atoms with Crippen molar-refractivity contribution in [2.24, 2.45) is 4.99 Å². The van der Waals surface area contributed by atoms with Gasteiger partial charge in [-0.1, -0.05) is 6.08 Å². The topological polar surface area (TPSA) is 46.1 Å². The Hall–Kier alpha value is -1.07. The van der Waals surface area contributed by atoms with E-state index < -0.39 is 0 Å². The molecule has 1 N–H and O–H groups in total. The van der Waals surface area contributed by atoms with E-state index in [0.29, 0.717) is 6.10 Å². The first kappa shape index (κ1) is 16.0. The number of nitrogens with one attached hydrogen (secondary N) is 1. The second-order valence-electron chi connectivity index (χ2n) is 4.62. The molecule has 1 aliphatic rings. The van der Waals surface area contributed by atoms with Crippen LogP contribution in [0.25, 0.3) is 0 Å².